The van der Waals surface area contributed by atoms with Crippen LogP contribution in [0.15, 0.2) is 53.4 Å². The number of halogens is 1. The average Bonchev–Trinajstić information content (AvgIpc) is 2.72. The summed E-state index contributed by atoms with van der Waals surface area (Å²) in [6.45, 7) is 7.61. The lowest BCUT2D eigenvalue weighted by atomic mass is 9.86. The first-order chi connectivity index (χ1) is 14.1. The monoisotopic (exact) mass is 432 g/mol. The summed E-state index contributed by atoms with van der Waals surface area (Å²) < 4.78 is 40.1. The summed E-state index contributed by atoms with van der Waals surface area (Å²) in [5, 5.41) is 0. The van der Waals surface area contributed by atoms with E-state index < -0.39 is 15.8 Å². The first kappa shape index (κ1) is 22.4. The molecular weight excluding hydrogens is 403 g/mol. The minimum Gasteiger partial charge on any atom is -0.340 e. The van der Waals surface area contributed by atoms with Crippen LogP contribution in [0.1, 0.15) is 38.3 Å². The predicted octanol–water partition coefficient (Wildman–Crippen LogP) is 3.59. The van der Waals surface area contributed by atoms with Crippen LogP contribution >= 0.6 is 0 Å². The summed E-state index contributed by atoms with van der Waals surface area (Å²) in [6, 6.07) is 13.4. The van der Waals surface area contributed by atoms with Crippen LogP contribution in [-0.2, 0) is 26.7 Å². The van der Waals surface area contributed by atoms with Crippen molar-refractivity contribution in [1.29, 1.82) is 0 Å². The third kappa shape index (κ3) is 5.26. The molecule has 3 rings (SSSR count). The van der Waals surface area contributed by atoms with Crippen molar-refractivity contribution in [2.24, 2.45) is 0 Å². The Hall–Kier alpha value is -2.25. The lowest BCUT2D eigenvalue weighted by molar-refractivity contribution is -0.132. The van der Waals surface area contributed by atoms with Crippen molar-refractivity contribution in [2.75, 3.05) is 26.2 Å². The van der Waals surface area contributed by atoms with Gasteiger partial charge < -0.3 is 4.90 Å². The molecular formula is C23H29FN2O3S. The fourth-order valence-corrected chi connectivity index (χ4v) is 4.99. The molecule has 1 amide bonds. The van der Waals surface area contributed by atoms with Crippen molar-refractivity contribution in [1.82, 2.24) is 9.21 Å². The van der Waals surface area contributed by atoms with Crippen molar-refractivity contribution in [2.45, 2.75) is 43.9 Å². The number of amides is 1. The third-order valence-corrected chi connectivity index (χ3v) is 7.37. The van der Waals surface area contributed by atoms with Gasteiger partial charge in [0, 0.05) is 32.6 Å². The Morgan fingerprint density at radius 2 is 1.63 bits per heavy atom. The highest BCUT2D eigenvalue weighted by atomic mass is 32.2. The van der Waals surface area contributed by atoms with Crippen LogP contribution in [0.5, 0.6) is 0 Å². The molecule has 7 heteroatoms. The first-order valence-electron chi connectivity index (χ1n) is 10.2. The number of carbonyl (C=O) groups is 1. The highest BCUT2D eigenvalue weighted by Gasteiger charge is 2.30. The molecule has 0 unspecified atom stereocenters. The second-order valence-electron chi connectivity index (χ2n) is 8.69. The number of rotatable bonds is 5. The van der Waals surface area contributed by atoms with Gasteiger partial charge in [-0.2, -0.15) is 4.31 Å². The Morgan fingerprint density at radius 3 is 2.20 bits per heavy atom. The van der Waals surface area contributed by atoms with Gasteiger partial charge in [-0.25, -0.2) is 12.8 Å². The Bertz CT molecular complexity index is 990. The number of aryl methyl sites for hydroxylation is 1. The topological polar surface area (TPSA) is 57.7 Å². The van der Waals surface area contributed by atoms with Gasteiger partial charge in [-0.1, -0.05) is 51.1 Å². The number of carbonyl (C=O) groups excluding carboxylic acids is 1. The molecule has 0 aliphatic carbocycles. The average molecular weight is 433 g/mol. The summed E-state index contributed by atoms with van der Waals surface area (Å²) >= 11 is 0. The van der Waals surface area contributed by atoms with E-state index in [0.717, 1.165) is 11.6 Å². The molecule has 2 aromatic rings. The van der Waals surface area contributed by atoms with Crippen molar-refractivity contribution >= 4 is 15.9 Å². The predicted molar refractivity (Wildman–Crippen MR) is 115 cm³/mol. The number of benzene rings is 2. The zero-order chi connectivity index (χ0) is 21.9. The van der Waals surface area contributed by atoms with Gasteiger partial charge in [0.05, 0.1) is 4.90 Å². The molecule has 0 spiro atoms. The number of hydrogen-bond donors (Lipinski definition) is 0. The molecule has 0 aromatic heterocycles. The molecule has 162 valence electrons. The Labute approximate surface area is 178 Å². The standard InChI is InChI=1S/C23H29FN2O3S/c1-23(2,3)19-10-7-18(8-11-19)9-12-22(27)25-13-15-26(16-14-25)30(28,29)21-6-4-5-20(24)17-21/h4-8,10-11,17H,9,12-16H2,1-3H3. The normalized spacial score (nSPS) is 15.9. The molecule has 5 nitrogen and oxygen atoms in total. The largest absolute Gasteiger partial charge is 0.340 e. The summed E-state index contributed by atoms with van der Waals surface area (Å²) in [4.78, 5) is 14.2. The molecule has 2 aromatic carbocycles. The van der Waals surface area contributed by atoms with Gasteiger partial charge in [0.25, 0.3) is 0 Å². The molecule has 0 radical (unpaired) electrons. The van der Waals surface area contributed by atoms with E-state index in [4.69, 9.17) is 0 Å². The fourth-order valence-electron chi connectivity index (χ4n) is 3.54. The molecule has 1 aliphatic heterocycles. The molecule has 1 saturated heterocycles. The quantitative estimate of drug-likeness (QED) is 0.726. The summed E-state index contributed by atoms with van der Waals surface area (Å²) in [5.41, 5.74) is 2.47. The number of hydrogen-bond acceptors (Lipinski definition) is 3. The summed E-state index contributed by atoms with van der Waals surface area (Å²) in [6.07, 6.45) is 1.05. The van der Waals surface area contributed by atoms with Gasteiger partial charge in [0.15, 0.2) is 0 Å². The second-order valence-corrected chi connectivity index (χ2v) is 10.6. The number of sulfonamides is 1. The maximum absolute atomic E-state index is 13.4. The van der Waals surface area contributed by atoms with Crippen molar-refractivity contribution < 1.29 is 17.6 Å². The van der Waals surface area contributed by atoms with E-state index in [1.165, 1.54) is 28.1 Å². The van der Waals surface area contributed by atoms with Crippen molar-refractivity contribution in [3.8, 4) is 0 Å². The first-order valence-corrected chi connectivity index (χ1v) is 11.6. The smallest absolute Gasteiger partial charge is 0.243 e. The van der Waals surface area contributed by atoms with Crippen LogP contribution in [0.25, 0.3) is 0 Å². The Morgan fingerprint density at radius 1 is 1.00 bits per heavy atom. The molecule has 30 heavy (non-hydrogen) atoms. The Kier molecular flexibility index (Phi) is 6.62. The molecule has 1 fully saturated rings. The molecule has 1 heterocycles. The maximum atomic E-state index is 13.4. The van der Waals surface area contributed by atoms with Crippen LogP contribution in [0.3, 0.4) is 0 Å². The lowest BCUT2D eigenvalue weighted by Gasteiger charge is -2.34. The maximum Gasteiger partial charge on any atom is 0.243 e. The van der Waals surface area contributed by atoms with Gasteiger partial charge >= 0.3 is 0 Å². The van der Waals surface area contributed by atoms with Crippen molar-refractivity contribution in [3.63, 3.8) is 0 Å². The summed E-state index contributed by atoms with van der Waals surface area (Å²) in [5.74, 6) is -0.557. The van der Waals surface area contributed by atoms with E-state index in [1.807, 2.05) is 0 Å². The van der Waals surface area contributed by atoms with Crippen LogP contribution in [0.2, 0.25) is 0 Å². The van der Waals surface area contributed by atoms with Gasteiger partial charge in [-0.3, -0.25) is 4.79 Å². The van der Waals surface area contributed by atoms with E-state index in [2.05, 4.69) is 45.0 Å². The van der Waals surface area contributed by atoms with Gasteiger partial charge in [-0.15, -0.1) is 0 Å². The SMILES string of the molecule is CC(C)(C)c1ccc(CCC(=O)N2CCN(S(=O)(=O)c3cccc(F)c3)CC2)cc1. The van der Waals surface area contributed by atoms with E-state index in [9.17, 15) is 17.6 Å². The second kappa shape index (κ2) is 8.86. The highest BCUT2D eigenvalue weighted by Crippen LogP contribution is 2.23. The van der Waals surface area contributed by atoms with E-state index in [-0.39, 0.29) is 29.3 Å². The number of nitrogens with zero attached hydrogens (tertiary/aromatic N) is 2. The zero-order valence-electron chi connectivity index (χ0n) is 17.8. The van der Waals surface area contributed by atoms with Crippen LogP contribution in [0.4, 0.5) is 4.39 Å². The van der Waals surface area contributed by atoms with Crippen LogP contribution < -0.4 is 0 Å². The van der Waals surface area contributed by atoms with E-state index in [1.54, 1.807) is 4.90 Å². The van der Waals surface area contributed by atoms with E-state index in [0.29, 0.717) is 25.9 Å². The third-order valence-electron chi connectivity index (χ3n) is 5.47. The minimum atomic E-state index is -3.75. The van der Waals surface area contributed by atoms with Crippen LogP contribution in [0, 0.1) is 5.82 Å². The molecule has 0 bridgehead atoms. The fraction of sp³-hybridized carbons (Fsp3) is 0.435. The summed E-state index contributed by atoms with van der Waals surface area (Å²) in [7, 11) is -3.75. The molecule has 0 atom stereocenters. The zero-order valence-corrected chi connectivity index (χ0v) is 18.6. The lowest BCUT2D eigenvalue weighted by Crippen LogP contribution is -2.50. The minimum absolute atomic E-state index is 0.0256. The molecule has 0 saturated carbocycles. The molecule has 1 aliphatic rings. The van der Waals surface area contributed by atoms with E-state index >= 15 is 0 Å². The van der Waals surface area contributed by atoms with Crippen molar-refractivity contribution in [3.05, 3.63) is 65.5 Å². The van der Waals surface area contributed by atoms with Gasteiger partial charge in [0.2, 0.25) is 15.9 Å². The molecule has 0 N–H and O–H groups in total. The number of piperazine rings is 1. The highest BCUT2D eigenvalue weighted by molar-refractivity contribution is 7.89. The van der Waals surface area contributed by atoms with Crippen LogP contribution in [-0.4, -0.2) is 49.7 Å². The van der Waals surface area contributed by atoms with Gasteiger partial charge in [0.1, 0.15) is 5.82 Å². The Balaban J connectivity index is 1.53. The van der Waals surface area contributed by atoms with Gasteiger partial charge in [-0.05, 0) is 41.2 Å².